The van der Waals surface area contributed by atoms with E-state index < -0.39 is 11.8 Å². The molecule has 0 radical (unpaired) electrons. The predicted octanol–water partition coefficient (Wildman–Crippen LogP) is 5.91. The standard InChI is InChI=1S/C28H20N2O4/c31-25-15-19-9-3-1-7-17(19)13-21(25)27(33)29-23-11-5-6-12-24(23)30-28(34)22-14-18-8-2-4-10-20(18)16-26(22)32/h1-16,31-32H,(H,29,33)(H,30,34). The summed E-state index contributed by atoms with van der Waals surface area (Å²) in [6, 6.07) is 27.9. The van der Waals surface area contributed by atoms with Gasteiger partial charge in [0, 0.05) is 0 Å². The highest BCUT2D eigenvalue weighted by Gasteiger charge is 2.17. The molecular weight excluding hydrogens is 428 g/mol. The number of hydrogen-bond acceptors (Lipinski definition) is 4. The van der Waals surface area contributed by atoms with E-state index in [0.717, 1.165) is 21.5 Å². The molecule has 0 aromatic heterocycles. The molecule has 5 aromatic rings. The molecule has 2 amide bonds. The molecule has 4 N–H and O–H groups in total. The molecular formula is C28H20N2O4. The first-order valence-electron chi connectivity index (χ1n) is 10.6. The topological polar surface area (TPSA) is 98.7 Å². The van der Waals surface area contributed by atoms with Crippen molar-refractivity contribution < 1.29 is 19.8 Å². The quantitative estimate of drug-likeness (QED) is 0.275. The second-order valence-corrected chi connectivity index (χ2v) is 7.89. The summed E-state index contributed by atoms with van der Waals surface area (Å²) in [5, 5.41) is 29.5. The number of anilines is 2. The minimum absolute atomic E-state index is 0.118. The van der Waals surface area contributed by atoms with E-state index in [0.29, 0.717) is 11.4 Å². The maximum absolute atomic E-state index is 13.0. The minimum atomic E-state index is -0.515. The van der Waals surface area contributed by atoms with E-state index in [2.05, 4.69) is 10.6 Å². The molecule has 0 spiro atoms. The van der Waals surface area contributed by atoms with E-state index in [1.807, 2.05) is 48.5 Å². The van der Waals surface area contributed by atoms with E-state index in [4.69, 9.17) is 0 Å². The van der Waals surface area contributed by atoms with Gasteiger partial charge in [-0.1, -0.05) is 60.7 Å². The highest BCUT2D eigenvalue weighted by atomic mass is 16.3. The maximum Gasteiger partial charge on any atom is 0.259 e. The van der Waals surface area contributed by atoms with Gasteiger partial charge in [0.25, 0.3) is 11.8 Å². The van der Waals surface area contributed by atoms with Crippen molar-refractivity contribution in [1.82, 2.24) is 0 Å². The summed E-state index contributed by atoms with van der Waals surface area (Å²) in [6.07, 6.45) is 0. The molecule has 0 heterocycles. The van der Waals surface area contributed by atoms with Crippen LogP contribution in [0.25, 0.3) is 21.5 Å². The van der Waals surface area contributed by atoms with Crippen molar-refractivity contribution in [3.63, 3.8) is 0 Å². The lowest BCUT2D eigenvalue weighted by Crippen LogP contribution is -2.17. The second kappa shape index (κ2) is 8.60. The normalized spacial score (nSPS) is 10.8. The highest BCUT2D eigenvalue weighted by Crippen LogP contribution is 2.29. The molecule has 0 saturated heterocycles. The van der Waals surface area contributed by atoms with Crippen LogP contribution in [-0.2, 0) is 0 Å². The number of fused-ring (bicyclic) bond motifs is 2. The molecule has 0 unspecified atom stereocenters. The van der Waals surface area contributed by atoms with Gasteiger partial charge in [-0.05, 0) is 57.9 Å². The van der Waals surface area contributed by atoms with Crippen LogP contribution in [0.15, 0.2) is 97.1 Å². The summed E-state index contributed by atoms with van der Waals surface area (Å²) in [4.78, 5) is 25.9. The van der Waals surface area contributed by atoms with Gasteiger partial charge in [-0.2, -0.15) is 0 Å². The number of phenols is 2. The molecule has 0 fully saturated rings. The van der Waals surface area contributed by atoms with Crippen molar-refractivity contribution in [3.8, 4) is 11.5 Å². The molecule has 0 aliphatic heterocycles. The van der Waals surface area contributed by atoms with Crippen LogP contribution in [0.1, 0.15) is 20.7 Å². The van der Waals surface area contributed by atoms with Crippen molar-refractivity contribution in [3.05, 3.63) is 108 Å². The van der Waals surface area contributed by atoms with E-state index in [1.54, 1.807) is 48.5 Å². The zero-order valence-electron chi connectivity index (χ0n) is 17.9. The first kappa shape index (κ1) is 21.0. The maximum atomic E-state index is 13.0. The van der Waals surface area contributed by atoms with Gasteiger partial charge in [-0.25, -0.2) is 0 Å². The minimum Gasteiger partial charge on any atom is -0.507 e. The van der Waals surface area contributed by atoms with Crippen LogP contribution in [0.3, 0.4) is 0 Å². The van der Waals surface area contributed by atoms with Crippen LogP contribution >= 0.6 is 0 Å². The van der Waals surface area contributed by atoms with E-state index in [-0.39, 0.29) is 22.6 Å². The molecule has 0 aliphatic rings. The molecule has 0 aliphatic carbocycles. The second-order valence-electron chi connectivity index (χ2n) is 7.89. The summed E-state index contributed by atoms with van der Waals surface area (Å²) in [7, 11) is 0. The van der Waals surface area contributed by atoms with Gasteiger partial charge in [-0.3, -0.25) is 9.59 Å². The van der Waals surface area contributed by atoms with Crippen LogP contribution in [0.4, 0.5) is 11.4 Å². The molecule has 6 heteroatoms. The van der Waals surface area contributed by atoms with Crippen molar-refractivity contribution in [2.75, 3.05) is 10.6 Å². The molecule has 5 aromatic carbocycles. The van der Waals surface area contributed by atoms with E-state index in [1.165, 1.54) is 0 Å². The van der Waals surface area contributed by atoms with Crippen molar-refractivity contribution in [2.45, 2.75) is 0 Å². The van der Waals surface area contributed by atoms with Crippen molar-refractivity contribution in [1.29, 1.82) is 0 Å². The number of carbonyl (C=O) groups excluding carboxylic acids is 2. The van der Waals surface area contributed by atoms with Gasteiger partial charge >= 0.3 is 0 Å². The summed E-state index contributed by atoms with van der Waals surface area (Å²) in [5.74, 6) is -1.31. The number of para-hydroxylation sites is 2. The molecule has 34 heavy (non-hydrogen) atoms. The smallest absolute Gasteiger partial charge is 0.259 e. The van der Waals surface area contributed by atoms with Crippen LogP contribution in [0.5, 0.6) is 11.5 Å². The Morgan fingerprint density at radius 3 is 1.21 bits per heavy atom. The Balaban J connectivity index is 1.42. The van der Waals surface area contributed by atoms with Crippen molar-refractivity contribution >= 4 is 44.7 Å². The van der Waals surface area contributed by atoms with Gasteiger partial charge in [-0.15, -0.1) is 0 Å². The number of amides is 2. The predicted molar refractivity (Wildman–Crippen MR) is 134 cm³/mol. The third kappa shape index (κ3) is 4.00. The highest BCUT2D eigenvalue weighted by molar-refractivity contribution is 6.13. The number of phenolic OH excluding ortho intramolecular Hbond substituents is 2. The van der Waals surface area contributed by atoms with Gasteiger partial charge in [0.15, 0.2) is 0 Å². The average Bonchev–Trinajstić information content (AvgIpc) is 2.84. The molecule has 0 saturated carbocycles. The Kier molecular flexibility index (Phi) is 5.32. The van der Waals surface area contributed by atoms with Crippen LogP contribution in [0.2, 0.25) is 0 Å². The largest absolute Gasteiger partial charge is 0.507 e. The summed E-state index contributed by atoms with van der Waals surface area (Å²) >= 11 is 0. The third-order valence-electron chi connectivity index (χ3n) is 5.64. The van der Waals surface area contributed by atoms with E-state index >= 15 is 0 Å². The Hall–Kier alpha value is -4.84. The molecule has 0 atom stereocenters. The molecule has 0 bridgehead atoms. The van der Waals surface area contributed by atoms with Gasteiger partial charge in [0.05, 0.1) is 22.5 Å². The average molecular weight is 448 g/mol. The number of rotatable bonds is 4. The zero-order valence-corrected chi connectivity index (χ0v) is 17.9. The number of benzene rings is 5. The lowest BCUT2D eigenvalue weighted by Gasteiger charge is -2.14. The van der Waals surface area contributed by atoms with Crippen molar-refractivity contribution in [2.24, 2.45) is 0 Å². The Labute approximate surface area is 195 Å². The van der Waals surface area contributed by atoms with Crippen LogP contribution in [-0.4, -0.2) is 22.0 Å². The first-order valence-corrected chi connectivity index (χ1v) is 10.6. The Bertz CT molecular complexity index is 1460. The van der Waals surface area contributed by atoms with Gasteiger partial charge < -0.3 is 20.8 Å². The van der Waals surface area contributed by atoms with Gasteiger partial charge in [0.2, 0.25) is 0 Å². The number of aromatic hydroxyl groups is 2. The lowest BCUT2D eigenvalue weighted by atomic mass is 10.0. The fourth-order valence-electron chi connectivity index (χ4n) is 3.90. The van der Waals surface area contributed by atoms with Crippen LogP contribution < -0.4 is 10.6 Å². The zero-order chi connectivity index (χ0) is 23.7. The Morgan fingerprint density at radius 1 is 0.500 bits per heavy atom. The van der Waals surface area contributed by atoms with E-state index in [9.17, 15) is 19.8 Å². The lowest BCUT2D eigenvalue weighted by molar-refractivity contribution is 0.101. The number of nitrogens with one attached hydrogen (secondary N) is 2. The number of carbonyl (C=O) groups is 2. The third-order valence-corrected chi connectivity index (χ3v) is 5.64. The molecule has 5 rings (SSSR count). The molecule has 166 valence electrons. The summed E-state index contributed by atoms with van der Waals surface area (Å²) < 4.78 is 0. The van der Waals surface area contributed by atoms with Gasteiger partial charge in [0.1, 0.15) is 11.5 Å². The van der Waals surface area contributed by atoms with Crippen LogP contribution in [0, 0.1) is 0 Å². The monoisotopic (exact) mass is 448 g/mol. The number of hydrogen-bond donors (Lipinski definition) is 4. The fraction of sp³-hybridized carbons (Fsp3) is 0. The molecule has 6 nitrogen and oxygen atoms in total. The Morgan fingerprint density at radius 2 is 0.824 bits per heavy atom. The summed E-state index contributed by atoms with van der Waals surface area (Å²) in [5.41, 5.74) is 0.946. The first-order chi connectivity index (χ1) is 16.5. The fourth-order valence-corrected chi connectivity index (χ4v) is 3.90. The summed E-state index contributed by atoms with van der Waals surface area (Å²) in [6.45, 7) is 0. The SMILES string of the molecule is O=C(Nc1ccccc1NC(=O)c1cc2ccccc2cc1O)c1cc2ccccc2cc1O.